The van der Waals surface area contributed by atoms with E-state index >= 15 is 0 Å². The van der Waals surface area contributed by atoms with E-state index in [9.17, 15) is 4.79 Å². The van der Waals surface area contributed by atoms with Crippen molar-refractivity contribution in [3.8, 4) is 0 Å². The minimum atomic E-state index is 0. The van der Waals surface area contributed by atoms with Gasteiger partial charge in [-0.2, -0.15) is 0 Å². The summed E-state index contributed by atoms with van der Waals surface area (Å²) in [5, 5.41) is 1.12. The van der Waals surface area contributed by atoms with E-state index < -0.39 is 0 Å². The fourth-order valence-corrected chi connectivity index (χ4v) is 3.61. The highest BCUT2D eigenvalue weighted by atomic mass is 35.5. The van der Waals surface area contributed by atoms with Crippen molar-refractivity contribution in [3.63, 3.8) is 0 Å². The van der Waals surface area contributed by atoms with Crippen LogP contribution in [0.3, 0.4) is 0 Å². The zero-order valence-electron chi connectivity index (χ0n) is 15.0. The van der Waals surface area contributed by atoms with Gasteiger partial charge >= 0.3 is 0 Å². The molecular weight excluding hydrogens is 346 g/mol. The third-order valence-electron chi connectivity index (χ3n) is 5.08. The van der Waals surface area contributed by atoms with Crippen LogP contribution in [0.15, 0.2) is 60.7 Å². The first-order valence-electron chi connectivity index (χ1n) is 8.82. The minimum absolute atomic E-state index is 0. The van der Waals surface area contributed by atoms with Gasteiger partial charge in [-0.3, -0.25) is 9.69 Å². The van der Waals surface area contributed by atoms with Crippen LogP contribution < -0.4 is 0 Å². The number of halogens is 1. The molecule has 0 saturated carbocycles. The number of aromatic nitrogens is 1. The topological polar surface area (TPSA) is 28.5 Å². The predicted molar refractivity (Wildman–Crippen MR) is 108 cm³/mol. The summed E-state index contributed by atoms with van der Waals surface area (Å²) >= 11 is 0. The van der Waals surface area contributed by atoms with Crippen molar-refractivity contribution in [2.24, 2.45) is 7.05 Å². The number of fused-ring (bicyclic) bond motifs is 1. The van der Waals surface area contributed by atoms with E-state index in [-0.39, 0.29) is 18.3 Å². The van der Waals surface area contributed by atoms with Crippen LogP contribution >= 0.6 is 12.4 Å². The number of piperazine rings is 1. The lowest BCUT2D eigenvalue weighted by molar-refractivity contribution is 0.0619. The molecule has 4 nitrogen and oxygen atoms in total. The smallest absolute Gasteiger partial charge is 0.270 e. The van der Waals surface area contributed by atoms with Gasteiger partial charge in [0, 0.05) is 50.7 Å². The molecule has 3 aromatic rings. The number of nitrogens with zero attached hydrogens (tertiary/aromatic N) is 3. The van der Waals surface area contributed by atoms with Gasteiger partial charge in [0.15, 0.2) is 0 Å². The number of hydrogen-bond donors (Lipinski definition) is 0. The van der Waals surface area contributed by atoms with Gasteiger partial charge in [-0.05, 0) is 17.7 Å². The van der Waals surface area contributed by atoms with Crippen LogP contribution in [0.2, 0.25) is 0 Å². The fraction of sp³-hybridized carbons (Fsp3) is 0.286. The lowest BCUT2D eigenvalue weighted by Gasteiger charge is -2.34. The van der Waals surface area contributed by atoms with E-state index in [4.69, 9.17) is 0 Å². The Bertz CT molecular complexity index is 883. The average molecular weight is 370 g/mol. The average Bonchev–Trinajstić information content (AvgIpc) is 3.00. The van der Waals surface area contributed by atoms with E-state index in [1.807, 2.05) is 40.8 Å². The van der Waals surface area contributed by atoms with Crippen molar-refractivity contribution in [1.29, 1.82) is 0 Å². The molecule has 2 aromatic carbocycles. The maximum Gasteiger partial charge on any atom is 0.270 e. The van der Waals surface area contributed by atoms with Gasteiger partial charge in [0.2, 0.25) is 0 Å². The Labute approximate surface area is 160 Å². The van der Waals surface area contributed by atoms with Gasteiger partial charge in [0.25, 0.3) is 5.91 Å². The molecule has 0 spiro atoms. The number of rotatable bonds is 3. The maximum atomic E-state index is 12.9. The second kappa shape index (κ2) is 7.94. The normalized spacial score (nSPS) is 15.0. The van der Waals surface area contributed by atoms with Crippen LogP contribution in [0, 0.1) is 0 Å². The van der Waals surface area contributed by atoms with Crippen molar-refractivity contribution in [3.05, 3.63) is 71.9 Å². The third kappa shape index (κ3) is 3.62. The van der Waals surface area contributed by atoms with Crippen molar-refractivity contribution in [2.75, 3.05) is 26.2 Å². The Hall–Kier alpha value is -2.30. The largest absolute Gasteiger partial charge is 0.340 e. The highest BCUT2D eigenvalue weighted by Crippen LogP contribution is 2.20. The summed E-state index contributed by atoms with van der Waals surface area (Å²) in [4.78, 5) is 17.3. The van der Waals surface area contributed by atoms with Crippen molar-refractivity contribution >= 4 is 29.2 Å². The summed E-state index contributed by atoms with van der Waals surface area (Å²) in [5.41, 5.74) is 3.21. The number of carbonyl (C=O) groups excluding carboxylic acids is 1. The number of hydrogen-bond acceptors (Lipinski definition) is 2. The minimum Gasteiger partial charge on any atom is -0.340 e. The molecule has 1 aromatic heterocycles. The summed E-state index contributed by atoms with van der Waals surface area (Å²) in [5.74, 6) is 0.137. The molecule has 0 radical (unpaired) electrons. The molecule has 1 aliphatic heterocycles. The molecule has 1 fully saturated rings. The van der Waals surface area contributed by atoms with Crippen molar-refractivity contribution < 1.29 is 4.79 Å². The fourth-order valence-electron chi connectivity index (χ4n) is 3.61. The first-order chi connectivity index (χ1) is 12.2. The molecule has 1 amide bonds. The van der Waals surface area contributed by atoms with Crippen LogP contribution in [0.5, 0.6) is 0 Å². The predicted octanol–water partition coefficient (Wildman–Crippen LogP) is 3.56. The first-order valence-corrected chi connectivity index (χ1v) is 8.82. The molecule has 0 N–H and O–H groups in total. The lowest BCUT2D eigenvalue weighted by Crippen LogP contribution is -2.48. The second-order valence-electron chi connectivity index (χ2n) is 6.70. The molecule has 26 heavy (non-hydrogen) atoms. The van der Waals surface area contributed by atoms with Gasteiger partial charge < -0.3 is 9.47 Å². The highest BCUT2D eigenvalue weighted by Gasteiger charge is 2.24. The summed E-state index contributed by atoms with van der Waals surface area (Å²) in [6, 6.07) is 20.7. The van der Waals surface area contributed by atoms with Crippen LogP contribution in [-0.4, -0.2) is 46.5 Å². The molecule has 2 heterocycles. The first kappa shape index (κ1) is 18.5. The quantitative estimate of drug-likeness (QED) is 0.706. The van der Waals surface area contributed by atoms with Gasteiger partial charge in [0.05, 0.1) is 0 Å². The Balaban J connectivity index is 0.00000196. The number of para-hydroxylation sites is 1. The molecule has 5 heteroatoms. The van der Waals surface area contributed by atoms with E-state index in [2.05, 4.69) is 41.3 Å². The number of carbonyl (C=O) groups is 1. The Kier molecular flexibility index (Phi) is 5.64. The molecule has 136 valence electrons. The standard InChI is InChI=1S/C21H23N3O.ClH/c1-22-19-10-6-5-9-18(19)15-20(22)21(25)24-13-11-23(12-14-24)16-17-7-3-2-4-8-17;/h2-10,15H,11-14,16H2,1H3;1H. The number of benzene rings is 2. The molecule has 0 unspecified atom stereocenters. The zero-order chi connectivity index (χ0) is 17.2. The van der Waals surface area contributed by atoms with Crippen molar-refractivity contribution in [1.82, 2.24) is 14.4 Å². The molecular formula is C21H24ClN3O. The number of amides is 1. The monoisotopic (exact) mass is 369 g/mol. The SMILES string of the molecule is Cl.Cn1c(C(=O)N2CCN(Cc3ccccc3)CC2)cc2ccccc21. The Morgan fingerprint density at radius 3 is 2.27 bits per heavy atom. The molecule has 0 bridgehead atoms. The Morgan fingerprint density at radius 2 is 1.58 bits per heavy atom. The van der Waals surface area contributed by atoms with Crippen LogP contribution in [0.1, 0.15) is 16.1 Å². The van der Waals surface area contributed by atoms with Crippen LogP contribution in [0.25, 0.3) is 10.9 Å². The van der Waals surface area contributed by atoms with E-state index in [0.29, 0.717) is 0 Å². The molecule has 1 saturated heterocycles. The second-order valence-corrected chi connectivity index (χ2v) is 6.70. The van der Waals surface area contributed by atoms with Gasteiger partial charge in [-0.15, -0.1) is 12.4 Å². The Morgan fingerprint density at radius 1 is 0.923 bits per heavy atom. The van der Waals surface area contributed by atoms with E-state index in [1.165, 1.54) is 5.56 Å². The summed E-state index contributed by atoms with van der Waals surface area (Å²) < 4.78 is 2.01. The summed E-state index contributed by atoms with van der Waals surface area (Å²) in [7, 11) is 1.97. The highest BCUT2D eigenvalue weighted by molar-refractivity contribution is 5.98. The van der Waals surface area contributed by atoms with E-state index in [0.717, 1.165) is 49.3 Å². The lowest BCUT2D eigenvalue weighted by atomic mass is 10.2. The number of aryl methyl sites for hydroxylation is 1. The van der Waals surface area contributed by atoms with Gasteiger partial charge in [-0.25, -0.2) is 0 Å². The molecule has 0 aliphatic carbocycles. The van der Waals surface area contributed by atoms with Crippen LogP contribution in [-0.2, 0) is 13.6 Å². The van der Waals surface area contributed by atoms with Gasteiger partial charge in [-0.1, -0.05) is 48.5 Å². The molecule has 4 rings (SSSR count). The molecule has 1 aliphatic rings. The zero-order valence-corrected chi connectivity index (χ0v) is 15.8. The van der Waals surface area contributed by atoms with Crippen molar-refractivity contribution in [2.45, 2.75) is 6.54 Å². The third-order valence-corrected chi connectivity index (χ3v) is 5.08. The van der Waals surface area contributed by atoms with Crippen LogP contribution in [0.4, 0.5) is 0 Å². The van der Waals surface area contributed by atoms with E-state index in [1.54, 1.807) is 0 Å². The summed E-state index contributed by atoms with van der Waals surface area (Å²) in [6.07, 6.45) is 0. The summed E-state index contributed by atoms with van der Waals surface area (Å²) in [6.45, 7) is 4.37. The van der Waals surface area contributed by atoms with Gasteiger partial charge in [0.1, 0.15) is 5.69 Å². The molecule has 0 atom stereocenters. The maximum absolute atomic E-state index is 12.9.